The summed E-state index contributed by atoms with van der Waals surface area (Å²) in [6.07, 6.45) is 4.89. The first-order valence-corrected chi connectivity index (χ1v) is 15.6. The topological polar surface area (TPSA) is 154 Å². The largest absolute Gasteiger partial charge is 0.487 e. The summed E-state index contributed by atoms with van der Waals surface area (Å²) < 4.78 is 40.1. The van der Waals surface area contributed by atoms with Gasteiger partial charge in [0.05, 0.1) is 24.8 Å². The van der Waals surface area contributed by atoms with Crippen LogP contribution in [0.3, 0.4) is 0 Å². The Morgan fingerprint density at radius 1 is 1.24 bits per heavy atom. The fourth-order valence-corrected chi connectivity index (χ4v) is 6.83. The van der Waals surface area contributed by atoms with Crippen LogP contribution in [0.25, 0.3) is 0 Å². The lowest BCUT2D eigenvalue weighted by Crippen LogP contribution is -2.52. The number of hydrogen-bond acceptors (Lipinski definition) is 8. The number of benzene rings is 1. The second-order valence-corrected chi connectivity index (χ2v) is 12.9. The van der Waals surface area contributed by atoms with Crippen molar-refractivity contribution in [2.75, 3.05) is 31.5 Å². The van der Waals surface area contributed by atoms with Crippen LogP contribution in [-0.4, -0.2) is 85.4 Å². The molecule has 3 atom stereocenters. The zero-order chi connectivity index (χ0) is 29.9. The number of nitrogens with one attached hydrogen (secondary N) is 2. The number of carbonyl (C=O) groups excluding carboxylic acids is 2. The van der Waals surface area contributed by atoms with Gasteiger partial charge < -0.3 is 29.5 Å². The fraction of sp³-hybridized carbons (Fsp3) is 0.607. The van der Waals surface area contributed by atoms with Crippen LogP contribution >= 0.6 is 0 Å². The molecule has 0 saturated heterocycles. The number of carbonyl (C=O) groups is 2. The molecule has 0 radical (unpaired) electrons. The van der Waals surface area contributed by atoms with Gasteiger partial charge in [-0.1, -0.05) is 31.3 Å². The first kappa shape index (κ1) is 30.6. The molecule has 41 heavy (non-hydrogen) atoms. The van der Waals surface area contributed by atoms with Gasteiger partial charge in [0.1, 0.15) is 17.5 Å². The summed E-state index contributed by atoms with van der Waals surface area (Å²) >= 11 is 0. The lowest BCUT2D eigenvalue weighted by Gasteiger charge is -2.38. The van der Waals surface area contributed by atoms with E-state index in [4.69, 9.17) is 9.26 Å². The van der Waals surface area contributed by atoms with Gasteiger partial charge in [-0.3, -0.25) is 9.52 Å². The van der Waals surface area contributed by atoms with Crippen molar-refractivity contribution in [3.63, 3.8) is 0 Å². The van der Waals surface area contributed by atoms with Crippen LogP contribution in [0, 0.1) is 19.8 Å². The van der Waals surface area contributed by atoms with Gasteiger partial charge in [0.2, 0.25) is 0 Å². The van der Waals surface area contributed by atoms with Crippen molar-refractivity contribution in [2.45, 2.75) is 82.9 Å². The predicted molar refractivity (Wildman–Crippen MR) is 152 cm³/mol. The number of hydrogen-bond donors (Lipinski definition) is 3. The first-order chi connectivity index (χ1) is 19.4. The summed E-state index contributed by atoms with van der Waals surface area (Å²) in [6, 6.07) is 4.00. The van der Waals surface area contributed by atoms with Gasteiger partial charge in [-0.2, -0.15) is 0 Å². The smallest absolute Gasteiger partial charge is 0.317 e. The number of sulfonamides is 1. The van der Waals surface area contributed by atoms with Crippen molar-refractivity contribution in [3.8, 4) is 5.75 Å². The number of anilines is 1. The molecule has 2 heterocycles. The van der Waals surface area contributed by atoms with Gasteiger partial charge in [-0.05, 0) is 51.8 Å². The standard InChI is InChI=1S/C28H41N5O7S/c1-17-14-33(18(2)16-34)27(35)23-13-22(31-41(37,38)26-19(3)30-40-20(26)4)11-12-24(23)39-25(17)15-32(5)28(36)29-21-9-7-6-8-10-21/h11-13,17-18,21,25,31,34H,6-10,14-16H2,1-5H3,(H,29,36)/t17-,18+,25-/m0/s1. The van der Waals surface area contributed by atoms with E-state index in [0.717, 1.165) is 25.7 Å². The Balaban J connectivity index is 1.60. The normalized spacial score (nSPS) is 20.8. The Morgan fingerprint density at radius 2 is 1.95 bits per heavy atom. The molecule has 13 heteroatoms. The minimum absolute atomic E-state index is 0.0641. The zero-order valence-corrected chi connectivity index (χ0v) is 25.2. The van der Waals surface area contributed by atoms with E-state index in [9.17, 15) is 23.1 Å². The molecule has 12 nitrogen and oxygen atoms in total. The van der Waals surface area contributed by atoms with Gasteiger partial charge in [0.25, 0.3) is 15.9 Å². The number of aliphatic hydroxyl groups excluding tert-OH is 1. The third-order valence-corrected chi connectivity index (χ3v) is 9.51. The predicted octanol–water partition coefficient (Wildman–Crippen LogP) is 3.29. The molecule has 0 spiro atoms. The molecular weight excluding hydrogens is 550 g/mol. The first-order valence-electron chi connectivity index (χ1n) is 14.1. The molecule has 3 N–H and O–H groups in total. The Hall–Kier alpha value is -3.32. The highest BCUT2D eigenvalue weighted by atomic mass is 32.2. The third-order valence-electron chi connectivity index (χ3n) is 7.89. The van der Waals surface area contributed by atoms with Crippen molar-refractivity contribution >= 4 is 27.6 Å². The quantitative estimate of drug-likeness (QED) is 0.423. The molecule has 1 saturated carbocycles. The van der Waals surface area contributed by atoms with E-state index in [1.54, 1.807) is 29.8 Å². The maximum Gasteiger partial charge on any atom is 0.317 e. The zero-order valence-electron chi connectivity index (χ0n) is 24.3. The minimum Gasteiger partial charge on any atom is -0.487 e. The van der Waals surface area contributed by atoms with E-state index in [1.165, 1.54) is 32.4 Å². The monoisotopic (exact) mass is 591 g/mol. The molecule has 4 rings (SSSR count). The van der Waals surface area contributed by atoms with E-state index in [-0.39, 0.29) is 71.0 Å². The molecule has 1 fully saturated rings. The highest BCUT2D eigenvalue weighted by Crippen LogP contribution is 2.32. The second-order valence-electron chi connectivity index (χ2n) is 11.3. The summed E-state index contributed by atoms with van der Waals surface area (Å²) in [5, 5.41) is 16.8. The Labute approximate surface area is 241 Å². The second kappa shape index (κ2) is 12.7. The van der Waals surface area contributed by atoms with Crippen molar-refractivity contribution in [1.82, 2.24) is 20.3 Å². The van der Waals surface area contributed by atoms with Crippen LogP contribution in [0.1, 0.15) is 67.8 Å². The number of aliphatic hydroxyl groups is 1. The lowest BCUT2D eigenvalue weighted by atomic mass is 9.96. The number of fused-ring (bicyclic) bond motifs is 1. The van der Waals surface area contributed by atoms with Crippen molar-refractivity contribution in [1.29, 1.82) is 0 Å². The molecule has 2 aromatic rings. The van der Waals surface area contributed by atoms with Crippen molar-refractivity contribution in [3.05, 3.63) is 35.2 Å². The van der Waals surface area contributed by atoms with Gasteiger partial charge in [-0.15, -0.1) is 0 Å². The van der Waals surface area contributed by atoms with Crippen LogP contribution in [0.4, 0.5) is 10.5 Å². The van der Waals surface area contributed by atoms with Crippen LogP contribution in [0.2, 0.25) is 0 Å². The Kier molecular flexibility index (Phi) is 9.48. The summed E-state index contributed by atoms with van der Waals surface area (Å²) in [5.74, 6) is -0.155. The number of ether oxygens (including phenoxy) is 1. The number of likely N-dealkylation sites (N-methyl/N-ethyl adjacent to an activating group) is 1. The number of aryl methyl sites for hydroxylation is 2. The van der Waals surface area contributed by atoms with Gasteiger partial charge in [0, 0.05) is 31.2 Å². The minimum atomic E-state index is -4.05. The van der Waals surface area contributed by atoms with E-state index in [0.29, 0.717) is 0 Å². The van der Waals surface area contributed by atoms with Crippen LogP contribution in [0.5, 0.6) is 5.75 Å². The number of rotatable bonds is 8. The van der Waals surface area contributed by atoms with E-state index in [1.807, 2.05) is 6.92 Å². The maximum atomic E-state index is 13.7. The molecular formula is C28H41N5O7S. The summed E-state index contributed by atoms with van der Waals surface area (Å²) in [5.41, 5.74) is 0.527. The Bertz CT molecular complexity index is 1340. The lowest BCUT2D eigenvalue weighted by molar-refractivity contribution is 0.0366. The Morgan fingerprint density at radius 3 is 2.59 bits per heavy atom. The number of amides is 3. The van der Waals surface area contributed by atoms with Crippen LogP contribution in [0.15, 0.2) is 27.6 Å². The number of aromatic nitrogens is 1. The summed E-state index contributed by atoms with van der Waals surface area (Å²) in [4.78, 5) is 29.8. The summed E-state index contributed by atoms with van der Waals surface area (Å²) in [6.45, 7) is 7.03. The van der Waals surface area contributed by atoms with Crippen molar-refractivity contribution < 1.29 is 32.4 Å². The molecule has 1 aromatic carbocycles. The fourth-order valence-electron chi connectivity index (χ4n) is 5.45. The molecule has 3 amide bonds. The van der Waals surface area contributed by atoms with E-state index < -0.39 is 28.1 Å². The molecule has 0 bridgehead atoms. The average molecular weight is 592 g/mol. The molecule has 1 aliphatic heterocycles. The highest BCUT2D eigenvalue weighted by molar-refractivity contribution is 7.92. The molecule has 1 aliphatic carbocycles. The summed E-state index contributed by atoms with van der Waals surface area (Å²) in [7, 11) is -2.32. The van der Waals surface area contributed by atoms with Gasteiger partial charge in [-0.25, -0.2) is 13.2 Å². The highest BCUT2D eigenvalue weighted by Gasteiger charge is 2.35. The molecule has 2 aliphatic rings. The van der Waals surface area contributed by atoms with E-state index >= 15 is 0 Å². The van der Waals surface area contributed by atoms with Crippen LogP contribution in [-0.2, 0) is 10.0 Å². The number of urea groups is 1. The van der Waals surface area contributed by atoms with Crippen molar-refractivity contribution in [2.24, 2.45) is 5.92 Å². The molecule has 226 valence electrons. The molecule has 0 unspecified atom stereocenters. The van der Waals surface area contributed by atoms with Gasteiger partial charge in [0.15, 0.2) is 10.7 Å². The number of nitrogens with zero attached hydrogens (tertiary/aromatic N) is 3. The van der Waals surface area contributed by atoms with Crippen LogP contribution < -0.4 is 14.8 Å². The SMILES string of the molecule is Cc1noc(C)c1S(=O)(=O)Nc1ccc2c(c1)C(=O)N([C@H](C)CO)C[C@H](C)[C@H](CN(C)C(=O)NC1CCCCC1)O2. The van der Waals surface area contributed by atoms with E-state index in [2.05, 4.69) is 15.2 Å². The maximum absolute atomic E-state index is 13.7. The average Bonchev–Trinajstić information content (AvgIpc) is 3.29. The third kappa shape index (κ3) is 6.95. The van der Waals surface area contributed by atoms with Gasteiger partial charge >= 0.3 is 6.03 Å². The molecule has 1 aromatic heterocycles.